The molecule has 0 unspecified atom stereocenters. The van der Waals surface area contributed by atoms with E-state index in [1.807, 2.05) is 47.4 Å². The molecule has 1 aliphatic heterocycles. The van der Waals surface area contributed by atoms with E-state index < -0.39 is 0 Å². The highest BCUT2D eigenvalue weighted by atomic mass is 35.5. The molecule has 136 valence electrons. The smallest absolute Gasteiger partial charge is 0.228 e. The number of rotatable bonds is 4. The fourth-order valence-electron chi connectivity index (χ4n) is 3.06. The molecule has 2 aromatic rings. The second kappa shape index (κ2) is 8.23. The van der Waals surface area contributed by atoms with Crippen LogP contribution in [-0.2, 0) is 16.0 Å². The van der Waals surface area contributed by atoms with Gasteiger partial charge in [-0.05, 0) is 35.9 Å². The number of carbonyl (C=O) groups is 2. The average molecular weight is 372 g/mol. The Labute approximate surface area is 158 Å². The lowest BCUT2D eigenvalue weighted by Gasteiger charge is -2.35. The first-order valence-electron chi connectivity index (χ1n) is 8.67. The molecule has 0 aromatic heterocycles. The van der Waals surface area contributed by atoms with Crippen LogP contribution in [0.25, 0.3) is 0 Å². The first-order chi connectivity index (χ1) is 12.5. The van der Waals surface area contributed by atoms with Gasteiger partial charge in [0.2, 0.25) is 11.8 Å². The lowest BCUT2D eigenvalue weighted by Crippen LogP contribution is -2.48. The Balaban J connectivity index is 1.55. The monoisotopic (exact) mass is 371 g/mol. The Morgan fingerprint density at radius 1 is 1.00 bits per heavy atom. The Bertz CT molecular complexity index is 784. The minimum atomic E-state index is -0.0964. The lowest BCUT2D eigenvalue weighted by atomic mass is 10.1. The predicted octanol–water partition coefficient (Wildman–Crippen LogP) is 3.19. The van der Waals surface area contributed by atoms with Crippen molar-refractivity contribution in [2.75, 3.05) is 36.4 Å². The maximum Gasteiger partial charge on any atom is 0.228 e. The maximum absolute atomic E-state index is 12.2. The van der Waals surface area contributed by atoms with Gasteiger partial charge < -0.3 is 15.1 Å². The number of nitrogens with zero attached hydrogens (tertiary/aromatic N) is 2. The van der Waals surface area contributed by atoms with E-state index in [0.717, 1.165) is 43.1 Å². The van der Waals surface area contributed by atoms with Crippen LogP contribution in [-0.4, -0.2) is 42.9 Å². The molecule has 0 radical (unpaired) electrons. The van der Waals surface area contributed by atoms with Crippen LogP contribution in [0.1, 0.15) is 12.5 Å². The summed E-state index contributed by atoms with van der Waals surface area (Å²) in [5.41, 5.74) is 2.66. The third kappa shape index (κ3) is 4.55. The standard InChI is InChI=1S/C20H22ClN3O2/c1-15(25)23-10-12-24(13-11-23)18-8-6-17(7-9-18)22-20(26)14-16-4-2-3-5-19(16)21/h2-9H,10-14H2,1H3,(H,22,26). The van der Waals surface area contributed by atoms with Crippen molar-refractivity contribution in [1.82, 2.24) is 4.90 Å². The second-order valence-corrected chi connectivity index (χ2v) is 6.76. The molecule has 2 aromatic carbocycles. The molecule has 6 heteroatoms. The number of hydrogen-bond donors (Lipinski definition) is 1. The van der Waals surface area contributed by atoms with Crippen LogP contribution < -0.4 is 10.2 Å². The number of anilines is 2. The summed E-state index contributed by atoms with van der Waals surface area (Å²) in [5, 5.41) is 3.50. The van der Waals surface area contributed by atoms with Crippen LogP contribution in [0.4, 0.5) is 11.4 Å². The predicted molar refractivity (Wildman–Crippen MR) is 105 cm³/mol. The highest BCUT2D eigenvalue weighted by molar-refractivity contribution is 6.31. The van der Waals surface area contributed by atoms with Crippen LogP contribution in [0.5, 0.6) is 0 Å². The summed E-state index contributed by atoms with van der Waals surface area (Å²) in [6.45, 7) is 4.72. The topological polar surface area (TPSA) is 52.7 Å². The largest absolute Gasteiger partial charge is 0.368 e. The third-order valence-electron chi connectivity index (χ3n) is 4.55. The van der Waals surface area contributed by atoms with Gasteiger partial charge in [-0.1, -0.05) is 29.8 Å². The van der Waals surface area contributed by atoms with Crippen molar-refractivity contribution in [3.05, 3.63) is 59.1 Å². The molecule has 0 spiro atoms. The molecular formula is C20H22ClN3O2. The number of amides is 2. The number of piperazine rings is 1. The van der Waals surface area contributed by atoms with Crippen LogP contribution >= 0.6 is 11.6 Å². The SMILES string of the molecule is CC(=O)N1CCN(c2ccc(NC(=O)Cc3ccccc3Cl)cc2)CC1. The number of hydrogen-bond acceptors (Lipinski definition) is 3. The molecule has 1 N–H and O–H groups in total. The first kappa shape index (κ1) is 18.3. The third-order valence-corrected chi connectivity index (χ3v) is 4.92. The van der Waals surface area contributed by atoms with Crippen molar-refractivity contribution in [3.63, 3.8) is 0 Å². The van der Waals surface area contributed by atoms with Gasteiger partial charge in [0.25, 0.3) is 0 Å². The van der Waals surface area contributed by atoms with E-state index in [2.05, 4.69) is 10.2 Å². The zero-order valence-electron chi connectivity index (χ0n) is 14.7. The molecule has 0 atom stereocenters. The van der Waals surface area contributed by atoms with E-state index in [4.69, 9.17) is 11.6 Å². The molecule has 5 nitrogen and oxygen atoms in total. The summed E-state index contributed by atoms with van der Waals surface area (Å²) in [7, 11) is 0. The fourth-order valence-corrected chi connectivity index (χ4v) is 3.26. The van der Waals surface area contributed by atoms with Gasteiger partial charge in [-0.3, -0.25) is 9.59 Å². The molecule has 26 heavy (non-hydrogen) atoms. The molecule has 0 aliphatic carbocycles. The van der Waals surface area contributed by atoms with Gasteiger partial charge in [-0.15, -0.1) is 0 Å². The first-order valence-corrected chi connectivity index (χ1v) is 9.04. The molecule has 3 rings (SSSR count). The van der Waals surface area contributed by atoms with E-state index in [9.17, 15) is 9.59 Å². The Morgan fingerprint density at radius 2 is 1.65 bits per heavy atom. The highest BCUT2D eigenvalue weighted by Gasteiger charge is 2.18. The number of nitrogens with one attached hydrogen (secondary N) is 1. The van der Waals surface area contributed by atoms with E-state index in [0.29, 0.717) is 5.02 Å². The van der Waals surface area contributed by atoms with Crippen LogP contribution in [0.15, 0.2) is 48.5 Å². The van der Waals surface area contributed by atoms with Gasteiger partial charge in [0.1, 0.15) is 0 Å². The second-order valence-electron chi connectivity index (χ2n) is 6.36. The van der Waals surface area contributed by atoms with Crippen molar-refractivity contribution in [1.29, 1.82) is 0 Å². The summed E-state index contributed by atoms with van der Waals surface area (Å²) >= 11 is 6.10. The Hall–Kier alpha value is -2.53. The lowest BCUT2D eigenvalue weighted by molar-refractivity contribution is -0.129. The Kier molecular flexibility index (Phi) is 5.78. The maximum atomic E-state index is 12.2. The van der Waals surface area contributed by atoms with Crippen molar-refractivity contribution in [2.24, 2.45) is 0 Å². The van der Waals surface area contributed by atoms with E-state index in [1.54, 1.807) is 13.0 Å². The molecule has 1 aliphatic rings. The van der Waals surface area contributed by atoms with E-state index >= 15 is 0 Å². The van der Waals surface area contributed by atoms with Gasteiger partial charge in [0, 0.05) is 49.5 Å². The van der Waals surface area contributed by atoms with E-state index in [-0.39, 0.29) is 18.2 Å². The zero-order valence-corrected chi connectivity index (χ0v) is 15.5. The molecule has 1 saturated heterocycles. The van der Waals surface area contributed by atoms with Gasteiger partial charge >= 0.3 is 0 Å². The number of benzene rings is 2. The van der Waals surface area contributed by atoms with Gasteiger partial charge in [-0.2, -0.15) is 0 Å². The van der Waals surface area contributed by atoms with Crippen LogP contribution in [0.3, 0.4) is 0 Å². The minimum Gasteiger partial charge on any atom is -0.368 e. The summed E-state index contributed by atoms with van der Waals surface area (Å²) < 4.78 is 0. The number of halogens is 1. The summed E-state index contributed by atoms with van der Waals surface area (Å²) in [6.07, 6.45) is 0.244. The van der Waals surface area contributed by atoms with Crippen molar-refractivity contribution < 1.29 is 9.59 Å². The van der Waals surface area contributed by atoms with Crippen LogP contribution in [0, 0.1) is 0 Å². The van der Waals surface area contributed by atoms with Gasteiger partial charge in [-0.25, -0.2) is 0 Å². The van der Waals surface area contributed by atoms with Gasteiger partial charge in [0.15, 0.2) is 0 Å². The summed E-state index contributed by atoms with van der Waals surface area (Å²) in [6, 6.07) is 15.1. The van der Waals surface area contributed by atoms with Crippen molar-refractivity contribution in [2.45, 2.75) is 13.3 Å². The molecule has 1 heterocycles. The Morgan fingerprint density at radius 3 is 2.27 bits per heavy atom. The number of carbonyl (C=O) groups excluding carboxylic acids is 2. The summed E-state index contributed by atoms with van der Waals surface area (Å²) in [5.74, 6) is 0.0298. The van der Waals surface area contributed by atoms with Gasteiger partial charge in [0.05, 0.1) is 6.42 Å². The molecular weight excluding hydrogens is 350 g/mol. The summed E-state index contributed by atoms with van der Waals surface area (Å²) in [4.78, 5) is 27.7. The van der Waals surface area contributed by atoms with Crippen molar-refractivity contribution >= 4 is 34.8 Å². The van der Waals surface area contributed by atoms with Crippen molar-refractivity contribution in [3.8, 4) is 0 Å². The zero-order chi connectivity index (χ0) is 18.5. The molecule has 0 saturated carbocycles. The highest BCUT2D eigenvalue weighted by Crippen LogP contribution is 2.20. The van der Waals surface area contributed by atoms with Crippen LogP contribution in [0.2, 0.25) is 5.02 Å². The normalized spacial score (nSPS) is 14.2. The molecule has 1 fully saturated rings. The molecule has 0 bridgehead atoms. The molecule has 2 amide bonds. The fraction of sp³-hybridized carbons (Fsp3) is 0.300. The quantitative estimate of drug-likeness (QED) is 0.898. The minimum absolute atomic E-state index is 0.0964. The van der Waals surface area contributed by atoms with E-state index in [1.165, 1.54) is 0 Å². The average Bonchev–Trinajstić information content (AvgIpc) is 2.64.